The first-order valence-corrected chi connectivity index (χ1v) is 4.38. The van der Waals surface area contributed by atoms with Crippen LogP contribution in [0.5, 0.6) is 0 Å². The standard InChI is InChI=1S/C8H6Cl2N2/c9-5-8-11-6-3-1-2-4-7(6)12(8)10/h1-4H,5H2. The first-order valence-electron chi connectivity index (χ1n) is 3.51. The van der Waals surface area contributed by atoms with E-state index in [-0.39, 0.29) is 0 Å². The number of fused-ring (bicyclic) bond motifs is 1. The zero-order valence-electron chi connectivity index (χ0n) is 6.17. The van der Waals surface area contributed by atoms with E-state index in [0.717, 1.165) is 11.0 Å². The van der Waals surface area contributed by atoms with Crippen LogP contribution in [-0.2, 0) is 5.88 Å². The molecule has 0 unspecified atom stereocenters. The van der Waals surface area contributed by atoms with Gasteiger partial charge in [-0.1, -0.05) is 12.1 Å². The molecule has 1 aromatic heterocycles. The molecule has 1 heterocycles. The van der Waals surface area contributed by atoms with Gasteiger partial charge in [-0.15, -0.1) is 11.6 Å². The van der Waals surface area contributed by atoms with Crippen LogP contribution in [0.2, 0.25) is 0 Å². The molecule has 2 aromatic rings. The fourth-order valence-electron chi connectivity index (χ4n) is 1.13. The number of nitrogens with zero attached hydrogens (tertiary/aromatic N) is 2. The lowest BCUT2D eigenvalue weighted by atomic mass is 10.3. The van der Waals surface area contributed by atoms with E-state index in [1.54, 1.807) is 0 Å². The van der Waals surface area contributed by atoms with Crippen molar-refractivity contribution in [3.8, 4) is 0 Å². The van der Waals surface area contributed by atoms with Gasteiger partial charge in [-0.2, -0.15) is 0 Å². The van der Waals surface area contributed by atoms with E-state index in [0.29, 0.717) is 11.7 Å². The predicted molar refractivity (Wildman–Crippen MR) is 50.5 cm³/mol. The summed E-state index contributed by atoms with van der Waals surface area (Å²) in [6.45, 7) is 0. The van der Waals surface area contributed by atoms with Crippen molar-refractivity contribution in [3.63, 3.8) is 0 Å². The topological polar surface area (TPSA) is 17.8 Å². The summed E-state index contributed by atoms with van der Waals surface area (Å²) in [4.78, 5) is 4.23. The summed E-state index contributed by atoms with van der Waals surface area (Å²) in [5.74, 6) is 1.01. The molecule has 0 saturated heterocycles. The van der Waals surface area contributed by atoms with Crippen LogP contribution in [0.1, 0.15) is 5.82 Å². The lowest BCUT2D eigenvalue weighted by Gasteiger charge is -1.92. The van der Waals surface area contributed by atoms with Gasteiger partial charge >= 0.3 is 0 Å². The van der Waals surface area contributed by atoms with E-state index in [1.807, 2.05) is 24.3 Å². The van der Waals surface area contributed by atoms with Crippen molar-refractivity contribution < 1.29 is 0 Å². The average Bonchev–Trinajstić information content (AvgIpc) is 2.44. The van der Waals surface area contributed by atoms with Crippen LogP contribution in [-0.4, -0.2) is 9.07 Å². The second kappa shape index (κ2) is 2.96. The summed E-state index contributed by atoms with van der Waals surface area (Å²) in [5, 5.41) is 0. The summed E-state index contributed by atoms with van der Waals surface area (Å²) >= 11 is 11.6. The normalized spacial score (nSPS) is 10.8. The minimum absolute atomic E-state index is 0.332. The van der Waals surface area contributed by atoms with Crippen LogP contribution in [0.3, 0.4) is 0 Å². The van der Waals surface area contributed by atoms with Crippen molar-refractivity contribution in [2.24, 2.45) is 0 Å². The van der Waals surface area contributed by atoms with Crippen molar-refractivity contribution in [2.45, 2.75) is 5.88 Å². The van der Waals surface area contributed by atoms with Gasteiger partial charge in [0.1, 0.15) is 5.82 Å². The van der Waals surface area contributed by atoms with Gasteiger partial charge in [-0.3, -0.25) is 0 Å². The van der Waals surface area contributed by atoms with Crippen molar-refractivity contribution in [2.75, 3.05) is 0 Å². The average molecular weight is 201 g/mol. The van der Waals surface area contributed by atoms with E-state index in [9.17, 15) is 0 Å². The maximum Gasteiger partial charge on any atom is 0.139 e. The zero-order chi connectivity index (χ0) is 8.55. The van der Waals surface area contributed by atoms with Gasteiger partial charge in [-0.25, -0.2) is 9.07 Å². The van der Waals surface area contributed by atoms with Crippen LogP contribution >= 0.6 is 23.4 Å². The summed E-state index contributed by atoms with van der Waals surface area (Å²) in [5.41, 5.74) is 1.78. The van der Waals surface area contributed by atoms with Crippen molar-refractivity contribution in [3.05, 3.63) is 30.1 Å². The Hall–Kier alpha value is -0.730. The van der Waals surface area contributed by atoms with E-state index in [4.69, 9.17) is 23.4 Å². The molecule has 0 N–H and O–H groups in total. The highest BCUT2D eigenvalue weighted by atomic mass is 35.5. The van der Waals surface area contributed by atoms with Crippen LogP contribution in [0.15, 0.2) is 24.3 Å². The summed E-state index contributed by atoms with van der Waals surface area (Å²) < 4.78 is 1.49. The van der Waals surface area contributed by atoms with Gasteiger partial charge in [0, 0.05) is 11.8 Å². The van der Waals surface area contributed by atoms with Gasteiger partial charge in [0.2, 0.25) is 0 Å². The highest BCUT2D eigenvalue weighted by molar-refractivity contribution is 6.21. The summed E-state index contributed by atoms with van der Waals surface area (Å²) in [7, 11) is 0. The van der Waals surface area contributed by atoms with E-state index >= 15 is 0 Å². The quantitative estimate of drug-likeness (QED) is 0.648. The van der Waals surface area contributed by atoms with Gasteiger partial charge in [-0.05, 0) is 12.1 Å². The van der Waals surface area contributed by atoms with Crippen molar-refractivity contribution in [1.29, 1.82) is 0 Å². The molecule has 4 heteroatoms. The SMILES string of the molecule is ClCc1nc2ccccc2n1Cl. The molecule has 12 heavy (non-hydrogen) atoms. The molecule has 62 valence electrons. The van der Waals surface area contributed by atoms with Crippen LogP contribution in [0.4, 0.5) is 0 Å². The second-order valence-electron chi connectivity index (χ2n) is 2.43. The Morgan fingerprint density at radius 3 is 2.75 bits per heavy atom. The molecule has 0 amide bonds. The number of halogens is 2. The molecule has 1 aromatic carbocycles. The van der Waals surface area contributed by atoms with Crippen LogP contribution in [0.25, 0.3) is 11.0 Å². The number of imidazole rings is 1. The molecule has 0 aliphatic heterocycles. The molecule has 2 nitrogen and oxygen atoms in total. The zero-order valence-corrected chi connectivity index (χ0v) is 7.68. The smallest absolute Gasteiger partial charge is 0.139 e. The molecule has 0 fully saturated rings. The fraction of sp³-hybridized carbons (Fsp3) is 0.125. The maximum absolute atomic E-state index is 5.93. The number of hydrogen-bond acceptors (Lipinski definition) is 1. The monoisotopic (exact) mass is 200 g/mol. The van der Waals surface area contributed by atoms with Crippen molar-refractivity contribution >= 4 is 34.4 Å². The molecule has 0 radical (unpaired) electrons. The van der Waals surface area contributed by atoms with Crippen molar-refractivity contribution in [1.82, 2.24) is 9.07 Å². The second-order valence-corrected chi connectivity index (χ2v) is 3.04. The molecular formula is C8H6Cl2N2. The number of alkyl halides is 1. The van der Waals surface area contributed by atoms with Gasteiger partial charge in [0.15, 0.2) is 0 Å². The Morgan fingerprint density at radius 1 is 1.33 bits per heavy atom. The predicted octanol–water partition coefficient (Wildman–Crippen LogP) is 2.78. The Bertz CT molecular complexity index is 408. The maximum atomic E-state index is 5.93. The molecule has 0 aliphatic carbocycles. The molecule has 2 rings (SSSR count). The first kappa shape index (κ1) is 7.90. The van der Waals surface area contributed by atoms with Crippen LogP contribution in [0, 0.1) is 0 Å². The highest BCUT2D eigenvalue weighted by Gasteiger charge is 2.05. The molecule has 0 bridgehead atoms. The number of rotatable bonds is 1. The lowest BCUT2D eigenvalue weighted by Crippen LogP contribution is -1.86. The molecule has 0 spiro atoms. The Morgan fingerprint density at radius 2 is 2.08 bits per heavy atom. The number of aromatic nitrogens is 2. The minimum atomic E-state index is 0.332. The Balaban J connectivity index is 2.78. The van der Waals surface area contributed by atoms with E-state index in [1.165, 1.54) is 4.09 Å². The van der Waals surface area contributed by atoms with E-state index < -0.39 is 0 Å². The lowest BCUT2D eigenvalue weighted by molar-refractivity contribution is 1.08. The van der Waals surface area contributed by atoms with Gasteiger partial charge in [0.25, 0.3) is 0 Å². The van der Waals surface area contributed by atoms with Gasteiger partial charge < -0.3 is 0 Å². The summed E-state index contributed by atoms with van der Waals surface area (Å²) in [6.07, 6.45) is 0. The first-order chi connectivity index (χ1) is 5.83. The molecule has 0 saturated carbocycles. The third kappa shape index (κ3) is 1.08. The summed E-state index contributed by atoms with van der Waals surface area (Å²) in [6, 6.07) is 7.65. The largest absolute Gasteiger partial charge is 0.237 e. The number of para-hydroxylation sites is 2. The number of hydrogen-bond donors (Lipinski definition) is 0. The number of benzene rings is 1. The Labute approximate surface area is 79.8 Å². The fourth-order valence-corrected chi connectivity index (χ4v) is 1.61. The molecular weight excluding hydrogens is 195 g/mol. The molecule has 0 aliphatic rings. The van der Waals surface area contributed by atoms with Gasteiger partial charge in [0.05, 0.1) is 16.9 Å². The highest BCUT2D eigenvalue weighted by Crippen LogP contribution is 2.17. The Kier molecular flexibility index (Phi) is 1.95. The third-order valence-electron chi connectivity index (χ3n) is 1.69. The van der Waals surface area contributed by atoms with E-state index in [2.05, 4.69) is 4.98 Å². The van der Waals surface area contributed by atoms with Crippen LogP contribution < -0.4 is 0 Å². The molecule has 0 atom stereocenters. The third-order valence-corrected chi connectivity index (χ3v) is 2.31. The minimum Gasteiger partial charge on any atom is -0.237 e.